The molecule has 0 aliphatic heterocycles. The first kappa shape index (κ1) is 25.7. The number of rotatable bonds is 10. The molecule has 3 aromatic rings. The van der Waals surface area contributed by atoms with Crippen molar-refractivity contribution in [2.75, 3.05) is 13.7 Å². The second kappa shape index (κ2) is 12.5. The quantitative estimate of drug-likeness (QED) is 0.236. The van der Waals surface area contributed by atoms with Gasteiger partial charge in [-0.15, -0.1) is 0 Å². The molecule has 0 saturated carbocycles. The van der Waals surface area contributed by atoms with Gasteiger partial charge in [0.1, 0.15) is 6.61 Å². The van der Waals surface area contributed by atoms with E-state index >= 15 is 0 Å². The first-order valence-corrected chi connectivity index (χ1v) is 11.6. The number of hydrazone groups is 1. The van der Waals surface area contributed by atoms with E-state index in [1.807, 2.05) is 25.1 Å². The van der Waals surface area contributed by atoms with E-state index in [-0.39, 0.29) is 6.61 Å². The molecule has 0 aliphatic rings. The van der Waals surface area contributed by atoms with Crippen LogP contribution in [0.15, 0.2) is 59.7 Å². The van der Waals surface area contributed by atoms with Crippen LogP contribution in [-0.2, 0) is 6.61 Å². The highest BCUT2D eigenvalue weighted by molar-refractivity contribution is 6.37. The van der Waals surface area contributed by atoms with Crippen LogP contribution in [0.1, 0.15) is 34.8 Å². The Hall–Kier alpha value is -2.93. The molecule has 0 saturated heterocycles. The predicted molar refractivity (Wildman–Crippen MR) is 136 cm³/mol. The number of carbonyl (C=O) groups is 1. The summed E-state index contributed by atoms with van der Waals surface area (Å²) >= 11 is 18.8. The lowest BCUT2D eigenvalue weighted by atomic mass is 10.2. The summed E-state index contributed by atoms with van der Waals surface area (Å²) in [4.78, 5) is 12.5. The van der Waals surface area contributed by atoms with Gasteiger partial charge in [0.15, 0.2) is 17.2 Å². The molecule has 6 nitrogen and oxygen atoms in total. The summed E-state index contributed by atoms with van der Waals surface area (Å²) in [5, 5.41) is 5.19. The summed E-state index contributed by atoms with van der Waals surface area (Å²) in [6, 6.07) is 15.5. The third-order valence-corrected chi connectivity index (χ3v) is 5.55. The zero-order chi connectivity index (χ0) is 24.5. The van der Waals surface area contributed by atoms with Crippen molar-refractivity contribution in [3.63, 3.8) is 0 Å². The van der Waals surface area contributed by atoms with Gasteiger partial charge < -0.3 is 14.2 Å². The zero-order valence-corrected chi connectivity index (χ0v) is 20.9. The predicted octanol–water partition coefficient (Wildman–Crippen LogP) is 6.79. The summed E-state index contributed by atoms with van der Waals surface area (Å²) in [7, 11) is 1.52. The average Bonchev–Trinajstić information content (AvgIpc) is 2.83. The smallest absolute Gasteiger partial charge is 0.271 e. The molecule has 0 heterocycles. The highest BCUT2D eigenvalue weighted by Gasteiger charge is 2.12. The fourth-order valence-corrected chi connectivity index (χ4v) is 3.73. The summed E-state index contributed by atoms with van der Waals surface area (Å²) in [6.07, 6.45) is 2.30. The molecule has 9 heteroatoms. The van der Waals surface area contributed by atoms with Crippen LogP contribution < -0.4 is 19.6 Å². The van der Waals surface area contributed by atoms with Crippen LogP contribution in [0, 0.1) is 0 Å². The normalized spacial score (nSPS) is 10.9. The summed E-state index contributed by atoms with van der Waals surface area (Å²) in [6.45, 7) is 2.78. The topological polar surface area (TPSA) is 69.2 Å². The maximum absolute atomic E-state index is 12.5. The number of benzene rings is 3. The van der Waals surface area contributed by atoms with Gasteiger partial charge in [-0.05, 0) is 48.4 Å². The third-order valence-electron chi connectivity index (χ3n) is 4.62. The highest BCUT2D eigenvalue weighted by atomic mass is 35.5. The monoisotopic (exact) mass is 520 g/mol. The van der Waals surface area contributed by atoms with Gasteiger partial charge in [0.25, 0.3) is 5.91 Å². The minimum absolute atomic E-state index is 0.217. The fraction of sp³-hybridized carbons (Fsp3) is 0.200. The molecule has 3 rings (SSSR count). The summed E-state index contributed by atoms with van der Waals surface area (Å²) < 4.78 is 16.7. The molecule has 34 heavy (non-hydrogen) atoms. The number of nitrogens with zero attached hydrogens (tertiary/aromatic N) is 1. The largest absolute Gasteiger partial charge is 0.493 e. The van der Waals surface area contributed by atoms with E-state index < -0.39 is 5.91 Å². The van der Waals surface area contributed by atoms with E-state index in [0.29, 0.717) is 50.1 Å². The van der Waals surface area contributed by atoms with E-state index in [1.165, 1.54) is 13.3 Å². The first-order valence-electron chi connectivity index (χ1n) is 10.4. The van der Waals surface area contributed by atoms with E-state index in [0.717, 1.165) is 12.0 Å². The Balaban J connectivity index is 1.64. The molecule has 0 atom stereocenters. The molecule has 0 aliphatic carbocycles. The fourth-order valence-electron chi connectivity index (χ4n) is 2.93. The summed E-state index contributed by atoms with van der Waals surface area (Å²) in [5.41, 5.74) is 4.24. The zero-order valence-electron chi connectivity index (χ0n) is 18.6. The Morgan fingerprint density at radius 1 is 0.971 bits per heavy atom. The van der Waals surface area contributed by atoms with Crippen LogP contribution in [-0.4, -0.2) is 25.8 Å². The second-order valence-electron chi connectivity index (χ2n) is 7.11. The number of hydrogen-bond donors (Lipinski definition) is 1. The van der Waals surface area contributed by atoms with Crippen LogP contribution in [0.4, 0.5) is 0 Å². The number of carbonyl (C=O) groups excluding carboxylic acids is 1. The molecule has 0 radical (unpaired) electrons. The lowest BCUT2D eigenvalue weighted by Crippen LogP contribution is -2.17. The van der Waals surface area contributed by atoms with E-state index in [9.17, 15) is 4.79 Å². The molecule has 0 aromatic heterocycles. The number of amides is 1. The van der Waals surface area contributed by atoms with Crippen molar-refractivity contribution < 1.29 is 19.0 Å². The van der Waals surface area contributed by atoms with Crippen LogP contribution in [0.3, 0.4) is 0 Å². The number of ether oxygens (including phenoxy) is 3. The molecule has 0 bridgehead atoms. The lowest BCUT2D eigenvalue weighted by molar-refractivity contribution is 0.0954. The Labute approximate surface area is 213 Å². The molecule has 178 valence electrons. The average molecular weight is 522 g/mol. The van der Waals surface area contributed by atoms with Gasteiger partial charge in [-0.25, -0.2) is 5.43 Å². The van der Waals surface area contributed by atoms with Crippen molar-refractivity contribution in [3.8, 4) is 17.2 Å². The van der Waals surface area contributed by atoms with E-state index in [2.05, 4.69) is 10.5 Å². The van der Waals surface area contributed by atoms with Crippen LogP contribution in [0.2, 0.25) is 15.1 Å². The number of methoxy groups -OCH3 is 1. The van der Waals surface area contributed by atoms with Gasteiger partial charge in [-0.1, -0.05) is 59.9 Å². The van der Waals surface area contributed by atoms with Crippen LogP contribution in [0.25, 0.3) is 0 Å². The molecule has 0 spiro atoms. The minimum atomic E-state index is -0.409. The van der Waals surface area contributed by atoms with E-state index in [4.69, 9.17) is 49.0 Å². The van der Waals surface area contributed by atoms with Gasteiger partial charge in [0.2, 0.25) is 0 Å². The molecule has 3 aromatic carbocycles. The highest BCUT2D eigenvalue weighted by Crippen LogP contribution is 2.35. The second-order valence-corrected chi connectivity index (χ2v) is 8.33. The van der Waals surface area contributed by atoms with Crippen molar-refractivity contribution in [2.24, 2.45) is 5.10 Å². The van der Waals surface area contributed by atoms with Crippen molar-refractivity contribution in [2.45, 2.75) is 20.0 Å². The Morgan fingerprint density at radius 2 is 1.71 bits per heavy atom. The standard InChI is InChI=1S/C25H23Cl3N2O4/c1-3-10-33-22-9-8-17(13-23(22)32-2)25(31)30-29-14-16-11-20(27)24(21(28)12-16)34-15-18-6-4-5-7-19(18)26/h4-9,11-14H,3,10,15H2,1-2H3,(H,30,31)/b29-14+. The van der Waals surface area contributed by atoms with Crippen molar-refractivity contribution in [1.29, 1.82) is 0 Å². The van der Waals surface area contributed by atoms with Crippen molar-refractivity contribution in [3.05, 3.63) is 86.4 Å². The minimum Gasteiger partial charge on any atom is -0.493 e. The third kappa shape index (κ3) is 6.79. The maximum Gasteiger partial charge on any atom is 0.271 e. The van der Waals surface area contributed by atoms with Crippen molar-refractivity contribution >= 4 is 46.9 Å². The molecular weight excluding hydrogens is 499 g/mol. The Kier molecular flexibility index (Phi) is 9.45. The van der Waals surface area contributed by atoms with Gasteiger partial charge >= 0.3 is 0 Å². The van der Waals surface area contributed by atoms with Gasteiger partial charge in [-0.3, -0.25) is 4.79 Å². The number of hydrogen-bond acceptors (Lipinski definition) is 5. The molecular formula is C25H23Cl3N2O4. The van der Waals surface area contributed by atoms with Gasteiger partial charge in [-0.2, -0.15) is 5.10 Å². The molecule has 1 N–H and O–H groups in total. The van der Waals surface area contributed by atoms with E-state index in [1.54, 1.807) is 36.4 Å². The van der Waals surface area contributed by atoms with Crippen molar-refractivity contribution in [1.82, 2.24) is 5.43 Å². The van der Waals surface area contributed by atoms with Crippen LogP contribution >= 0.6 is 34.8 Å². The Morgan fingerprint density at radius 3 is 2.38 bits per heavy atom. The number of nitrogens with one attached hydrogen (secondary N) is 1. The first-order chi connectivity index (χ1) is 16.4. The van der Waals surface area contributed by atoms with Gasteiger partial charge in [0.05, 0.1) is 30.0 Å². The SMILES string of the molecule is CCCOc1ccc(C(=O)N/N=C/c2cc(Cl)c(OCc3ccccc3Cl)c(Cl)c2)cc1OC. The summed E-state index contributed by atoms with van der Waals surface area (Å²) in [5.74, 6) is 0.969. The van der Waals surface area contributed by atoms with Crippen LogP contribution in [0.5, 0.6) is 17.2 Å². The lowest BCUT2D eigenvalue weighted by Gasteiger charge is -2.12. The number of halogens is 3. The Bertz CT molecular complexity index is 1160. The maximum atomic E-state index is 12.5. The van der Waals surface area contributed by atoms with Gasteiger partial charge in [0, 0.05) is 16.1 Å². The molecule has 0 fully saturated rings. The molecule has 1 amide bonds. The molecule has 0 unspecified atom stereocenters.